The summed E-state index contributed by atoms with van der Waals surface area (Å²) < 4.78 is 5.08. The zero-order valence-electron chi connectivity index (χ0n) is 11.7. The van der Waals surface area contributed by atoms with Gasteiger partial charge in [-0.1, -0.05) is 25.4 Å². The summed E-state index contributed by atoms with van der Waals surface area (Å²) >= 11 is 6.22. The van der Waals surface area contributed by atoms with E-state index in [1.807, 2.05) is 0 Å². The quantitative estimate of drug-likeness (QED) is 0.897. The molecule has 5 nitrogen and oxygen atoms in total. The first-order chi connectivity index (χ1) is 9.11. The number of hydrogen-bond acceptors (Lipinski definition) is 5. The van der Waals surface area contributed by atoms with Crippen molar-refractivity contribution < 1.29 is 4.74 Å². The molecule has 0 radical (unpaired) electrons. The van der Waals surface area contributed by atoms with Crippen LogP contribution in [0.2, 0.25) is 5.02 Å². The van der Waals surface area contributed by atoms with Crippen molar-refractivity contribution in [2.75, 3.05) is 25.1 Å². The minimum absolute atomic E-state index is 0.363. The lowest BCUT2D eigenvalue weighted by Crippen LogP contribution is -2.40. The number of nitrogens with zero attached hydrogens (tertiary/aromatic N) is 3. The predicted molar refractivity (Wildman–Crippen MR) is 77.1 cm³/mol. The van der Waals surface area contributed by atoms with Gasteiger partial charge in [-0.2, -0.15) is 4.98 Å². The maximum absolute atomic E-state index is 6.22. The van der Waals surface area contributed by atoms with Crippen LogP contribution in [-0.2, 0) is 0 Å². The Bertz CT molecular complexity index is 427. The standard InChI is InChI=1S/C13H21ClN4O/c1-9(2)15-7-10-5-4-6-18(10)12-11(14)8-16-13(17-12)19-3/h8-10,15H,4-7H2,1-3H3. The first kappa shape index (κ1) is 14.3. The zero-order valence-corrected chi connectivity index (χ0v) is 12.4. The van der Waals surface area contributed by atoms with Gasteiger partial charge in [0.1, 0.15) is 5.02 Å². The minimum Gasteiger partial charge on any atom is -0.467 e. The van der Waals surface area contributed by atoms with Crippen molar-refractivity contribution in [1.29, 1.82) is 0 Å². The molecule has 2 heterocycles. The summed E-state index contributed by atoms with van der Waals surface area (Å²) in [5.74, 6) is 0.779. The van der Waals surface area contributed by atoms with Gasteiger partial charge in [-0.25, -0.2) is 4.98 Å². The SMILES string of the molecule is COc1ncc(Cl)c(N2CCCC2CNC(C)C)n1. The fraction of sp³-hybridized carbons (Fsp3) is 0.692. The Morgan fingerprint density at radius 1 is 1.58 bits per heavy atom. The molecule has 1 aliphatic rings. The second-order valence-corrected chi connectivity index (χ2v) is 5.49. The van der Waals surface area contributed by atoms with E-state index in [-0.39, 0.29) is 0 Å². The zero-order chi connectivity index (χ0) is 13.8. The molecule has 1 atom stereocenters. The third-order valence-electron chi connectivity index (χ3n) is 3.30. The number of anilines is 1. The Morgan fingerprint density at radius 3 is 3.05 bits per heavy atom. The second-order valence-electron chi connectivity index (χ2n) is 5.08. The fourth-order valence-corrected chi connectivity index (χ4v) is 2.54. The van der Waals surface area contributed by atoms with E-state index >= 15 is 0 Å². The van der Waals surface area contributed by atoms with Gasteiger partial charge in [0.2, 0.25) is 0 Å². The lowest BCUT2D eigenvalue weighted by molar-refractivity contribution is 0.379. The van der Waals surface area contributed by atoms with Crippen LogP contribution >= 0.6 is 11.6 Å². The van der Waals surface area contributed by atoms with Gasteiger partial charge in [0.05, 0.1) is 13.3 Å². The molecular weight excluding hydrogens is 264 g/mol. The smallest absolute Gasteiger partial charge is 0.318 e. The number of hydrogen-bond donors (Lipinski definition) is 1. The number of rotatable bonds is 5. The topological polar surface area (TPSA) is 50.3 Å². The van der Waals surface area contributed by atoms with Crippen LogP contribution in [0.4, 0.5) is 5.82 Å². The molecule has 19 heavy (non-hydrogen) atoms. The molecule has 1 aromatic rings. The van der Waals surface area contributed by atoms with Crippen LogP contribution in [0, 0.1) is 0 Å². The van der Waals surface area contributed by atoms with Crippen LogP contribution in [0.25, 0.3) is 0 Å². The molecule has 0 aromatic carbocycles. The predicted octanol–water partition coefficient (Wildman–Crippen LogP) is 2.11. The summed E-state index contributed by atoms with van der Waals surface area (Å²) in [6, 6.07) is 1.28. The van der Waals surface area contributed by atoms with Crippen molar-refractivity contribution in [1.82, 2.24) is 15.3 Å². The van der Waals surface area contributed by atoms with Gasteiger partial charge in [-0.05, 0) is 12.8 Å². The van der Waals surface area contributed by atoms with E-state index in [1.165, 1.54) is 0 Å². The molecule has 1 aromatic heterocycles. The van der Waals surface area contributed by atoms with Gasteiger partial charge in [-0.3, -0.25) is 0 Å². The molecule has 0 aliphatic carbocycles. The highest BCUT2D eigenvalue weighted by Crippen LogP contribution is 2.30. The van der Waals surface area contributed by atoms with E-state index in [1.54, 1.807) is 13.3 Å². The number of methoxy groups -OCH3 is 1. The van der Waals surface area contributed by atoms with E-state index in [0.717, 1.165) is 31.7 Å². The largest absolute Gasteiger partial charge is 0.467 e. The third kappa shape index (κ3) is 3.48. The molecule has 0 amide bonds. The molecule has 2 rings (SSSR count). The molecule has 0 saturated carbocycles. The van der Waals surface area contributed by atoms with Crippen molar-refractivity contribution in [2.24, 2.45) is 0 Å². The van der Waals surface area contributed by atoms with Crippen molar-refractivity contribution >= 4 is 17.4 Å². The van der Waals surface area contributed by atoms with Crippen LogP contribution in [-0.4, -0.2) is 42.3 Å². The summed E-state index contributed by atoms with van der Waals surface area (Å²) in [6.45, 7) is 6.23. The van der Waals surface area contributed by atoms with Gasteiger partial charge in [0, 0.05) is 25.2 Å². The van der Waals surface area contributed by atoms with Gasteiger partial charge < -0.3 is 15.0 Å². The van der Waals surface area contributed by atoms with Gasteiger partial charge >= 0.3 is 6.01 Å². The maximum atomic E-state index is 6.22. The average molecular weight is 285 g/mol. The monoisotopic (exact) mass is 284 g/mol. The molecule has 6 heteroatoms. The molecule has 1 unspecified atom stereocenters. The third-order valence-corrected chi connectivity index (χ3v) is 3.56. The molecule has 1 aliphatic heterocycles. The molecule has 1 N–H and O–H groups in total. The van der Waals surface area contributed by atoms with E-state index in [4.69, 9.17) is 16.3 Å². The highest BCUT2D eigenvalue weighted by molar-refractivity contribution is 6.32. The maximum Gasteiger partial charge on any atom is 0.318 e. The summed E-state index contributed by atoms with van der Waals surface area (Å²) in [6.07, 6.45) is 3.92. The van der Waals surface area contributed by atoms with Gasteiger partial charge in [-0.15, -0.1) is 0 Å². The number of aromatic nitrogens is 2. The highest BCUT2D eigenvalue weighted by atomic mass is 35.5. The Balaban J connectivity index is 2.14. The summed E-state index contributed by atoms with van der Waals surface area (Å²) in [5.41, 5.74) is 0. The number of nitrogens with one attached hydrogen (secondary N) is 1. The van der Waals surface area contributed by atoms with E-state index in [9.17, 15) is 0 Å². The van der Waals surface area contributed by atoms with Crippen molar-refractivity contribution in [2.45, 2.75) is 38.8 Å². The first-order valence-corrected chi connectivity index (χ1v) is 7.06. The average Bonchev–Trinajstić information content (AvgIpc) is 2.85. The highest BCUT2D eigenvalue weighted by Gasteiger charge is 2.27. The lowest BCUT2D eigenvalue weighted by atomic mass is 10.2. The van der Waals surface area contributed by atoms with Gasteiger partial charge in [0.25, 0.3) is 0 Å². The molecule has 106 valence electrons. The lowest BCUT2D eigenvalue weighted by Gasteiger charge is -2.27. The molecule has 0 spiro atoms. The summed E-state index contributed by atoms with van der Waals surface area (Å²) in [5, 5.41) is 4.06. The van der Waals surface area contributed by atoms with Crippen molar-refractivity contribution in [3.63, 3.8) is 0 Å². The second kappa shape index (κ2) is 6.39. The Labute approximate surface area is 119 Å². The first-order valence-electron chi connectivity index (χ1n) is 6.68. The molecule has 1 fully saturated rings. The van der Waals surface area contributed by atoms with Gasteiger partial charge in [0.15, 0.2) is 5.82 Å². The van der Waals surface area contributed by atoms with Crippen LogP contribution < -0.4 is 15.0 Å². The van der Waals surface area contributed by atoms with Crippen molar-refractivity contribution in [3.8, 4) is 6.01 Å². The molecule has 0 bridgehead atoms. The minimum atomic E-state index is 0.363. The Morgan fingerprint density at radius 2 is 2.37 bits per heavy atom. The van der Waals surface area contributed by atoms with Crippen LogP contribution in [0.5, 0.6) is 6.01 Å². The van der Waals surface area contributed by atoms with E-state index < -0.39 is 0 Å². The van der Waals surface area contributed by atoms with Crippen molar-refractivity contribution in [3.05, 3.63) is 11.2 Å². The molecular formula is C13H21ClN4O. The Kier molecular flexibility index (Phi) is 4.82. The Hall–Kier alpha value is -1.07. The van der Waals surface area contributed by atoms with E-state index in [0.29, 0.717) is 23.1 Å². The van der Waals surface area contributed by atoms with E-state index in [2.05, 4.69) is 34.0 Å². The molecule has 1 saturated heterocycles. The number of halogens is 1. The number of ether oxygens (including phenoxy) is 1. The normalized spacial score (nSPS) is 19.2. The van der Waals surface area contributed by atoms with Crippen LogP contribution in [0.3, 0.4) is 0 Å². The summed E-state index contributed by atoms with van der Waals surface area (Å²) in [7, 11) is 1.56. The van der Waals surface area contributed by atoms with Crippen LogP contribution in [0.15, 0.2) is 6.20 Å². The van der Waals surface area contributed by atoms with Crippen LogP contribution in [0.1, 0.15) is 26.7 Å². The summed E-state index contributed by atoms with van der Waals surface area (Å²) in [4.78, 5) is 10.7. The fourth-order valence-electron chi connectivity index (χ4n) is 2.34.